The SMILES string of the molecule is CCC(=C(c1ccccc1)c1ccc(OCCN(C)C)cc1)c1ccc(Br)cc1. The van der Waals surface area contributed by atoms with Crippen LogP contribution in [0.5, 0.6) is 5.75 Å². The number of allylic oxidation sites excluding steroid dienone is 1. The van der Waals surface area contributed by atoms with Crippen LogP contribution in [0.3, 0.4) is 0 Å². The first-order valence-electron chi connectivity index (χ1n) is 10.0. The molecule has 0 bridgehead atoms. The van der Waals surface area contributed by atoms with E-state index in [0.717, 1.165) is 23.2 Å². The smallest absolute Gasteiger partial charge is 0.119 e. The predicted octanol–water partition coefficient (Wildman–Crippen LogP) is 6.76. The fraction of sp³-hybridized carbons (Fsp3) is 0.231. The summed E-state index contributed by atoms with van der Waals surface area (Å²) in [6, 6.07) is 27.7. The Bertz CT molecular complexity index is 929. The van der Waals surface area contributed by atoms with E-state index in [0.29, 0.717) is 6.61 Å². The van der Waals surface area contributed by atoms with Gasteiger partial charge in [0.25, 0.3) is 0 Å². The van der Waals surface area contributed by atoms with Gasteiger partial charge in [0, 0.05) is 11.0 Å². The second kappa shape index (κ2) is 10.4. The van der Waals surface area contributed by atoms with Gasteiger partial charge in [-0.3, -0.25) is 0 Å². The van der Waals surface area contributed by atoms with Gasteiger partial charge >= 0.3 is 0 Å². The number of likely N-dealkylation sites (N-methyl/N-ethyl adjacent to an activating group) is 1. The van der Waals surface area contributed by atoms with Crippen LogP contribution >= 0.6 is 15.9 Å². The van der Waals surface area contributed by atoms with Gasteiger partial charge in [0.1, 0.15) is 12.4 Å². The summed E-state index contributed by atoms with van der Waals surface area (Å²) in [7, 11) is 4.11. The molecule has 0 saturated carbocycles. The normalized spacial score (nSPS) is 12.0. The van der Waals surface area contributed by atoms with Crippen LogP contribution in [0.2, 0.25) is 0 Å². The topological polar surface area (TPSA) is 12.5 Å². The number of benzene rings is 3. The van der Waals surface area contributed by atoms with E-state index in [9.17, 15) is 0 Å². The molecule has 0 atom stereocenters. The monoisotopic (exact) mass is 449 g/mol. The molecule has 0 radical (unpaired) electrons. The lowest BCUT2D eigenvalue weighted by Gasteiger charge is -2.17. The van der Waals surface area contributed by atoms with Gasteiger partial charge in [0.05, 0.1) is 0 Å². The highest BCUT2D eigenvalue weighted by Crippen LogP contribution is 2.35. The summed E-state index contributed by atoms with van der Waals surface area (Å²) in [5.41, 5.74) is 6.30. The predicted molar refractivity (Wildman–Crippen MR) is 127 cm³/mol. The molecule has 0 aliphatic carbocycles. The summed E-state index contributed by atoms with van der Waals surface area (Å²) in [6.07, 6.45) is 0.951. The molecule has 0 amide bonds. The van der Waals surface area contributed by atoms with Gasteiger partial charge in [-0.05, 0) is 72.6 Å². The molecule has 0 N–H and O–H groups in total. The minimum absolute atomic E-state index is 0.687. The fourth-order valence-corrected chi connectivity index (χ4v) is 3.62. The molecule has 0 unspecified atom stereocenters. The summed E-state index contributed by atoms with van der Waals surface area (Å²) in [5, 5.41) is 0. The number of hydrogen-bond donors (Lipinski definition) is 0. The van der Waals surface area contributed by atoms with E-state index in [1.54, 1.807) is 0 Å². The molecule has 0 heterocycles. The molecular weight excluding hydrogens is 422 g/mol. The lowest BCUT2D eigenvalue weighted by molar-refractivity contribution is 0.261. The number of nitrogens with zero attached hydrogens (tertiary/aromatic N) is 1. The van der Waals surface area contributed by atoms with Crippen LogP contribution in [0.1, 0.15) is 30.0 Å². The highest BCUT2D eigenvalue weighted by molar-refractivity contribution is 9.10. The van der Waals surface area contributed by atoms with Crippen molar-refractivity contribution < 1.29 is 4.74 Å². The maximum atomic E-state index is 5.88. The highest BCUT2D eigenvalue weighted by atomic mass is 79.9. The van der Waals surface area contributed by atoms with Crippen LogP contribution < -0.4 is 4.74 Å². The van der Waals surface area contributed by atoms with Gasteiger partial charge < -0.3 is 9.64 Å². The molecule has 3 aromatic carbocycles. The Morgan fingerprint density at radius 1 is 0.793 bits per heavy atom. The highest BCUT2D eigenvalue weighted by Gasteiger charge is 2.13. The Kier molecular flexibility index (Phi) is 7.68. The fourth-order valence-electron chi connectivity index (χ4n) is 3.36. The van der Waals surface area contributed by atoms with Crippen LogP contribution in [0, 0.1) is 0 Å². The van der Waals surface area contributed by atoms with Crippen molar-refractivity contribution in [1.82, 2.24) is 4.90 Å². The van der Waals surface area contributed by atoms with Gasteiger partial charge in [-0.1, -0.05) is 77.5 Å². The number of hydrogen-bond acceptors (Lipinski definition) is 2. The van der Waals surface area contributed by atoms with Crippen molar-refractivity contribution >= 4 is 27.1 Å². The van der Waals surface area contributed by atoms with Crippen LogP contribution in [-0.2, 0) is 0 Å². The van der Waals surface area contributed by atoms with E-state index in [2.05, 4.69) is 121 Å². The van der Waals surface area contributed by atoms with Crippen molar-refractivity contribution in [2.75, 3.05) is 27.2 Å². The molecule has 0 aromatic heterocycles. The third kappa shape index (κ3) is 5.81. The van der Waals surface area contributed by atoms with Crippen LogP contribution in [0.15, 0.2) is 83.3 Å². The van der Waals surface area contributed by atoms with Crippen molar-refractivity contribution in [3.8, 4) is 5.75 Å². The lowest BCUT2D eigenvalue weighted by atomic mass is 9.88. The van der Waals surface area contributed by atoms with E-state index in [1.165, 1.54) is 27.8 Å². The largest absolute Gasteiger partial charge is 0.492 e. The molecule has 29 heavy (non-hydrogen) atoms. The Balaban J connectivity index is 2.01. The van der Waals surface area contributed by atoms with Crippen LogP contribution in [0.4, 0.5) is 0 Å². The molecule has 0 spiro atoms. The minimum atomic E-state index is 0.687. The third-order valence-corrected chi connectivity index (χ3v) is 5.39. The zero-order chi connectivity index (χ0) is 20.6. The zero-order valence-corrected chi connectivity index (χ0v) is 18.9. The van der Waals surface area contributed by atoms with Crippen molar-refractivity contribution in [2.24, 2.45) is 0 Å². The van der Waals surface area contributed by atoms with Gasteiger partial charge in [0.2, 0.25) is 0 Å². The van der Waals surface area contributed by atoms with Gasteiger partial charge in [-0.2, -0.15) is 0 Å². The molecule has 2 nitrogen and oxygen atoms in total. The number of ether oxygens (including phenoxy) is 1. The van der Waals surface area contributed by atoms with Crippen molar-refractivity contribution in [3.05, 3.63) is 100 Å². The summed E-state index contributed by atoms with van der Waals surface area (Å²) in [5.74, 6) is 0.907. The average molecular weight is 450 g/mol. The second-order valence-corrected chi connectivity index (χ2v) is 8.17. The second-order valence-electron chi connectivity index (χ2n) is 7.26. The first kappa shape index (κ1) is 21.4. The van der Waals surface area contributed by atoms with E-state index >= 15 is 0 Å². The number of halogens is 1. The van der Waals surface area contributed by atoms with E-state index in [1.807, 2.05) is 0 Å². The molecule has 0 aliphatic rings. The van der Waals surface area contributed by atoms with E-state index in [-0.39, 0.29) is 0 Å². The molecule has 0 aliphatic heterocycles. The molecule has 3 aromatic rings. The van der Waals surface area contributed by atoms with E-state index < -0.39 is 0 Å². The van der Waals surface area contributed by atoms with Crippen LogP contribution in [-0.4, -0.2) is 32.1 Å². The summed E-state index contributed by atoms with van der Waals surface area (Å²) >= 11 is 3.55. The molecule has 0 saturated heterocycles. The van der Waals surface area contributed by atoms with Crippen molar-refractivity contribution in [3.63, 3.8) is 0 Å². The summed E-state index contributed by atoms with van der Waals surface area (Å²) < 4.78 is 6.97. The van der Waals surface area contributed by atoms with Gasteiger partial charge in [-0.25, -0.2) is 0 Å². The van der Waals surface area contributed by atoms with Crippen LogP contribution in [0.25, 0.3) is 11.1 Å². The quantitative estimate of drug-likeness (QED) is 0.352. The van der Waals surface area contributed by atoms with Crippen molar-refractivity contribution in [2.45, 2.75) is 13.3 Å². The van der Waals surface area contributed by atoms with Crippen molar-refractivity contribution in [1.29, 1.82) is 0 Å². The first-order chi connectivity index (χ1) is 14.1. The standard InChI is InChI=1S/C26H28BrNO/c1-4-25(20-10-14-23(27)15-11-20)26(21-8-6-5-7-9-21)22-12-16-24(17-13-22)29-19-18-28(2)3/h5-17H,4,18-19H2,1-3H3. The van der Waals surface area contributed by atoms with Gasteiger partial charge in [0.15, 0.2) is 0 Å². The Morgan fingerprint density at radius 3 is 1.97 bits per heavy atom. The number of rotatable bonds is 8. The summed E-state index contributed by atoms with van der Waals surface area (Å²) in [4.78, 5) is 2.12. The average Bonchev–Trinajstić information content (AvgIpc) is 2.74. The molecule has 3 heteroatoms. The minimum Gasteiger partial charge on any atom is -0.492 e. The molecule has 150 valence electrons. The first-order valence-corrected chi connectivity index (χ1v) is 10.8. The molecule has 3 rings (SSSR count). The maximum absolute atomic E-state index is 5.88. The lowest BCUT2D eigenvalue weighted by Crippen LogP contribution is -2.19. The zero-order valence-electron chi connectivity index (χ0n) is 17.4. The molecule has 0 fully saturated rings. The Hall–Kier alpha value is -2.36. The Morgan fingerprint density at radius 2 is 1.38 bits per heavy atom. The third-order valence-electron chi connectivity index (χ3n) is 4.86. The maximum Gasteiger partial charge on any atom is 0.119 e. The Labute approximate surface area is 183 Å². The van der Waals surface area contributed by atoms with E-state index in [4.69, 9.17) is 4.74 Å². The van der Waals surface area contributed by atoms with Gasteiger partial charge in [-0.15, -0.1) is 0 Å². The summed E-state index contributed by atoms with van der Waals surface area (Å²) in [6.45, 7) is 3.81. The molecular formula is C26H28BrNO.